The summed E-state index contributed by atoms with van der Waals surface area (Å²) < 4.78 is 5.95. The maximum atomic E-state index is 12.6. The minimum atomic E-state index is -0.254. The summed E-state index contributed by atoms with van der Waals surface area (Å²) in [5.74, 6) is -0.129. The first kappa shape index (κ1) is 17.9. The van der Waals surface area contributed by atoms with Gasteiger partial charge in [-0.15, -0.1) is 0 Å². The van der Waals surface area contributed by atoms with E-state index in [0.29, 0.717) is 17.8 Å². The standard InChI is InChI=1S/C20H24N4O3/c25-18-5-4-17(23-24-18)14-2-1-3-15(10-14)19(26)22-12-16-11-20(13-27-16)6-8-21-9-7-20/h1-5,10,16,21H,6-9,11-13H2,(H,22,26)(H,24,25). The van der Waals surface area contributed by atoms with Gasteiger partial charge in [-0.25, -0.2) is 5.10 Å². The van der Waals surface area contributed by atoms with E-state index in [4.69, 9.17) is 4.74 Å². The second-order valence-electron chi connectivity index (χ2n) is 7.48. The fourth-order valence-electron chi connectivity index (χ4n) is 3.97. The quantitative estimate of drug-likeness (QED) is 0.757. The van der Waals surface area contributed by atoms with Crippen LogP contribution in [0, 0.1) is 5.41 Å². The number of benzene rings is 1. The molecule has 1 spiro atoms. The summed E-state index contributed by atoms with van der Waals surface area (Å²) in [5.41, 5.74) is 2.00. The third kappa shape index (κ3) is 4.09. The lowest BCUT2D eigenvalue weighted by Crippen LogP contribution is -2.38. The van der Waals surface area contributed by atoms with Crippen LogP contribution in [-0.2, 0) is 4.74 Å². The number of aromatic nitrogens is 2. The number of hydrogen-bond donors (Lipinski definition) is 3. The zero-order chi connectivity index (χ0) is 18.7. The van der Waals surface area contributed by atoms with Crippen molar-refractivity contribution in [1.29, 1.82) is 0 Å². The van der Waals surface area contributed by atoms with E-state index in [-0.39, 0.29) is 23.0 Å². The summed E-state index contributed by atoms with van der Waals surface area (Å²) in [7, 11) is 0. The molecule has 1 amide bonds. The minimum Gasteiger partial charge on any atom is -0.376 e. The highest BCUT2D eigenvalue weighted by Crippen LogP contribution is 2.40. The second-order valence-corrected chi connectivity index (χ2v) is 7.48. The van der Waals surface area contributed by atoms with Crippen LogP contribution in [0.1, 0.15) is 29.6 Å². The largest absolute Gasteiger partial charge is 0.376 e. The van der Waals surface area contributed by atoms with Gasteiger partial charge in [0.15, 0.2) is 0 Å². The molecule has 2 aliphatic rings. The monoisotopic (exact) mass is 368 g/mol. The van der Waals surface area contributed by atoms with E-state index in [1.807, 2.05) is 12.1 Å². The number of hydrogen-bond acceptors (Lipinski definition) is 5. The number of carbonyl (C=O) groups excluding carboxylic acids is 1. The third-order valence-electron chi connectivity index (χ3n) is 5.54. The van der Waals surface area contributed by atoms with Crippen molar-refractivity contribution in [2.24, 2.45) is 5.41 Å². The van der Waals surface area contributed by atoms with Crippen LogP contribution in [0.4, 0.5) is 0 Å². The van der Waals surface area contributed by atoms with E-state index in [1.54, 1.807) is 18.2 Å². The van der Waals surface area contributed by atoms with E-state index < -0.39 is 0 Å². The molecular weight excluding hydrogens is 344 g/mol. The van der Waals surface area contributed by atoms with Crippen LogP contribution >= 0.6 is 0 Å². The van der Waals surface area contributed by atoms with Crippen LogP contribution < -0.4 is 16.2 Å². The summed E-state index contributed by atoms with van der Waals surface area (Å²) in [4.78, 5) is 23.7. The summed E-state index contributed by atoms with van der Waals surface area (Å²) in [6, 6.07) is 10.3. The Balaban J connectivity index is 1.37. The van der Waals surface area contributed by atoms with E-state index >= 15 is 0 Å². The molecule has 1 aromatic carbocycles. The lowest BCUT2D eigenvalue weighted by atomic mass is 9.77. The molecule has 1 aromatic heterocycles. The van der Waals surface area contributed by atoms with Crippen molar-refractivity contribution in [1.82, 2.24) is 20.8 Å². The fraction of sp³-hybridized carbons (Fsp3) is 0.450. The number of carbonyl (C=O) groups is 1. The smallest absolute Gasteiger partial charge is 0.264 e. The van der Waals surface area contributed by atoms with Crippen LogP contribution in [0.25, 0.3) is 11.3 Å². The maximum Gasteiger partial charge on any atom is 0.264 e. The summed E-state index contributed by atoms with van der Waals surface area (Å²) in [6.45, 7) is 3.42. The van der Waals surface area contributed by atoms with Crippen molar-refractivity contribution in [3.63, 3.8) is 0 Å². The Labute approximate surface area is 157 Å². The molecule has 4 rings (SSSR count). The van der Waals surface area contributed by atoms with Crippen LogP contribution in [-0.4, -0.2) is 48.4 Å². The van der Waals surface area contributed by atoms with Crippen LogP contribution in [0.2, 0.25) is 0 Å². The topological polar surface area (TPSA) is 96.1 Å². The average Bonchev–Trinajstić information content (AvgIpc) is 3.09. The number of amides is 1. The summed E-state index contributed by atoms with van der Waals surface area (Å²) in [5, 5.41) is 12.8. The molecule has 1 atom stereocenters. The Morgan fingerprint density at radius 2 is 2.11 bits per heavy atom. The molecule has 1 unspecified atom stereocenters. The van der Waals surface area contributed by atoms with Gasteiger partial charge in [0.25, 0.3) is 11.5 Å². The fourth-order valence-corrected chi connectivity index (χ4v) is 3.97. The molecular formula is C20H24N4O3. The van der Waals surface area contributed by atoms with Gasteiger partial charge in [0.1, 0.15) is 0 Å². The number of ether oxygens (including phenoxy) is 1. The number of rotatable bonds is 4. The van der Waals surface area contributed by atoms with Crippen molar-refractivity contribution in [3.8, 4) is 11.3 Å². The molecule has 0 aliphatic carbocycles. The van der Waals surface area contributed by atoms with Gasteiger partial charge in [-0.2, -0.15) is 5.10 Å². The van der Waals surface area contributed by atoms with Crippen LogP contribution in [0.15, 0.2) is 41.2 Å². The van der Waals surface area contributed by atoms with Crippen LogP contribution in [0.5, 0.6) is 0 Å². The van der Waals surface area contributed by atoms with Crippen LogP contribution in [0.3, 0.4) is 0 Å². The van der Waals surface area contributed by atoms with Gasteiger partial charge in [-0.3, -0.25) is 9.59 Å². The highest BCUT2D eigenvalue weighted by atomic mass is 16.5. The number of nitrogens with one attached hydrogen (secondary N) is 3. The van der Waals surface area contributed by atoms with Crippen molar-refractivity contribution < 1.29 is 9.53 Å². The third-order valence-corrected chi connectivity index (χ3v) is 5.54. The predicted octanol–water partition coefficient (Wildman–Crippen LogP) is 1.33. The van der Waals surface area contributed by atoms with E-state index in [9.17, 15) is 9.59 Å². The minimum absolute atomic E-state index is 0.0797. The van der Waals surface area contributed by atoms with Crippen molar-refractivity contribution in [2.75, 3.05) is 26.2 Å². The molecule has 0 radical (unpaired) electrons. The Morgan fingerprint density at radius 3 is 2.89 bits per heavy atom. The molecule has 0 saturated carbocycles. The SMILES string of the molecule is O=C(NCC1CC2(CCNCC2)CO1)c1cccc(-c2ccc(=O)[nH]n2)c1. The van der Waals surface area contributed by atoms with Crippen molar-refractivity contribution in [3.05, 3.63) is 52.3 Å². The van der Waals surface area contributed by atoms with Crippen molar-refractivity contribution >= 4 is 5.91 Å². The Kier molecular flexibility index (Phi) is 5.05. The maximum absolute atomic E-state index is 12.6. The molecule has 2 aromatic rings. The summed E-state index contributed by atoms with van der Waals surface area (Å²) in [6.07, 6.45) is 3.38. The molecule has 2 fully saturated rings. The molecule has 27 heavy (non-hydrogen) atoms. The van der Waals surface area contributed by atoms with Gasteiger partial charge >= 0.3 is 0 Å². The van der Waals surface area contributed by atoms with E-state index in [0.717, 1.165) is 44.5 Å². The molecule has 2 aliphatic heterocycles. The number of aromatic amines is 1. The van der Waals surface area contributed by atoms with Crippen molar-refractivity contribution in [2.45, 2.75) is 25.4 Å². The molecule has 2 saturated heterocycles. The van der Waals surface area contributed by atoms with E-state index in [1.165, 1.54) is 6.07 Å². The van der Waals surface area contributed by atoms with Gasteiger partial charge in [0, 0.05) is 23.7 Å². The lowest BCUT2D eigenvalue weighted by molar-refractivity contribution is 0.0781. The Hall–Kier alpha value is -2.51. The average molecular weight is 368 g/mol. The molecule has 7 heteroatoms. The Morgan fingerprint density at radius 1 is 1.26 bits per heavy atom. The lowest BCUT2D eigenvalue weighted by Gasteiger charge is -2.32. The molecule has 3 N–H and O–H groups in total. The molecule has 142 valence electrons. The normalized spacial score (nSPS) is 21.3. The molecule has 0 bridgehead atoms. The number of piperidine rings is 1. The molecule has 7 nitrogen and oxygen atoms in total. The first-order valence-electron chi connectivity index (χ1n) is 9.40. The van der Waals surface area contributed by atoms with Gasteiger partial charge in [-0.1, -0.05) is 12.1 Å². The summed E-state index contributed by atoms with van der Waals surface area (Å²) >= 11 is 0. The Bertz CT molecular complexity index is 853. The predicted molar refractivity (Wildman–Crippen MR) is 102 cm³/mol. The number of H-pyrrole nitrogens is 1. The van der Waals surface area contributed by atoms with Gasteiger partial charge in [-0.05, 0) is 56.0 Å². The van der Waals surface area contributed by atoms with Gasteiger partial charge in [0.2, 0.25) is 0 Å². The zero-order valence-corrected chi connectivity index (χ0v) is 15.2. The highest BCUT2D eigenvalue weighted by molar-refractivity contribution is 5.95. The molecule has 3 heterocycles. The highest BCUT2D eigenvalue weighted by Gasteiger charge is 2.40. The van der Waals surface area contributed by atoms with Gasteiger partial charge in [0.05, 0.1) is 18.4 Å². The zero-order valence-electron chi connectivity index (χ0n) is 15.2. The first-order chi connectivity index (χ1) is 13.1. The second kappa shape index (κ2) is 7.62. The number of nitrogens with zero attached hydrogens (tertiary/aromatic N) is 1. The van der Waals surface area contributed by atoms with E-state index in [2.05, 4.69) is 20.8 Å². The first-order valence-corrected chi connectivity index (χ1v) is 9.40. The van der Waals surface area contributed by atoms with Gasteiger partial charge < -0.3 is 15.4 Å².